The number of hydrogen-bond acceptors (Lipinski definition) is 2. The van der Waals surface area contributed by atoms with Gasteiger partial charge in [0.25, 0.3) is 0 Å². The van der Waals surface area contributed by atoms with E-state index in [0.717, 1.165) is 33.4 Å². The number of amides is 2. The molecule has 0 aliphatic heterocycles. The summed E-state index contributed by atoms with van der Waals surface area (Å²) in [5.41, 5.74) is 6.32. The molecule has 0 bridgehead atoms. The molecule has 2 heterocycles. The third-order valence-corrected chi connectivity index (χ3v) is 4.97. The molecule has 0 radical (unpaired) electrons. The second-order valence-corrected chi connectivity index (χ2v) is 7.12. The topological polar surface area (TPSA) is 69.8 Å². The lowest BCUT2D eigenvalue weighted by atomic mass is 10.1. The first kappa shape index (κ1) is 18.1. The molecule has 0 spiro atoms. The minimum Gasteiger partial charge on any atom is -0.353 e. The average Bonchev–Trinajstić information content (AvgIpc) is 3.03. The van der Waals surface area contributed by atoms with Gasteiger partial charge in [-0.05, 0) is 67.4 Å². The number of pyridine rings is 1. The Labute approximate surface area is 167 Å². The van der Waals surface area contributed by atoms with Gasteiger partial charge in [0.15, 0.2) is 0 Å². The summed E-state index contributed by atoms with van der Waals surface area (Å²) in [6.45, 7) is 4.05. The molecule has 4 rings (SSSR count). The lowest BCUT2D eigenvalue weighted by Gasteiger charge is -2.11. The Kier molecular flexibility index (Phi) is 4.75. The molecule has 3 N–H and O–H groups in total. The van der Waals surface area contributed by atoms with Crippen LogP contribution in [0.15, 0.2) is 60.9 Å². The van der Waals surface area contributed by atoms with Crippen LogP contribution in [0.4, 0.5) is 16.2 Å². The van der Waals surface area contributed by atoms with Crippen molar-refractivity contribution >= 4 is 39.9 Å². The van der Waals surface area contributed by atoms with Crippen LogP contribution >= 0.6 is 11.6 Å². The summed E-state index contributed by atoms with van der Waals surface area (Å²) >= 11 is 6.19. The number of anilines is 2. The number of rotatable bonds is 3. The minimum absolute atomic E-state index is 0.320. The molecule has 140 valence electrons. The summed E-state index contributed by atoms with van der Waals surface area (Å²) in [5, 5.41) is 7.32. The molecule has 0 unspecified atom stereocenters. The van der Waals surface area contributed by atoms with E-state index in [1.807, 2.05) is 62.4 Å². The molecule has 0 saturated heterocycles. The number of carbonyl (C=O) groups is 1. The highest BCUT2D eigenvalue weighted by atomic mass is 35.5. The van der Waals surface area contributed by atoms with Crippen LogP contribution in [0.2, 0.25) is 5.02 Å². The molecular weight excluding hydrogens is 372 g/mol. The third-order valence-electron chi connectivity index (χ3n) is 4.73. The highest BCUT2D eigenvalue weighted by Crippen LogP contribution is 2.36. The number of aromatic nitrogens is 2. The zero-order valence-corrected chi connectivity index (χ0v) is 16.3. The molecule has 5 nitrogen and oxygen atoms in total. The van der Waals surface area contributed by atoms with E-state index in [-0.39, 0.29) is 6.03 Å². The van der Waals surface area contributed by atoms with Crippen LogP contribution in [0.1, 0.15) is 11.1 Å². The molecule has 0 aliphatic carbocycles. The van der Waals surface area contributed by atoms with Crippen LogP contribution in [-0.4, -0.2) is 16.0 Å². The maximum Gasteiger partial charge on any atom is 0.323 e. The molecule has 0 aliphatic rings. The van der Waals surface area contributed by atoms with Gasteiger partial charge in [-0.25, -0.2) is 4.79 Å². The van der Waals surface area contributed by atoms with Gasteiger partial charge in [-0.3, -0.25) is 4.98 Å². The van der Waals surface area contributed by atoms with Gasteiger partial charge in [-0.2, -0.15) is 0 Å². The Hall–Kier alpha value is -3.31. The van der Waals surface area contributed by atoms with Crippen molar-refractivity contribution in [2.24, 2.45) is 0 Å². The second-order valence-electron chi connectivity index (χ2n) is 6.68. The zero-order valence-electron chi connectivity index (χ0n) is 15.5. The molecule has 2 aromatic heterocycles. The fraction of sp³-hybridized carbons (Fsp3) is 0.0909. The molecule has 2 amide bonds. The fourth-order valence-corrected chi connectivity index (χ4v) is 3.30. The number of fused-ring (bicyclic) bond motifs is 1. The van der Waals surface area contributed by atoms with E-state index in [1.165, 1.54) is 5.56 Å². The quantitative estimate of drug-likeness (QED) is 0.393. The molecular formula is C22H19ClN4O. The van der Waals surface area contributed by atoms with Gasteiger partial charge in [0.2, 0.25) is 0 Å². The number of urea groups is 1. The highest BCUT2D eigenvalue weighted by molar-refractivity contribution is 6.31. The van der Waals surface area contributed by atoms with E-state index in [2.05, 4.69) is 20.6 Å². The largest absolute Gasteiger partial charge is 0.353 e. The van der Waals surface area contributed by atoms with Gasteiger partial charge >= 0.3 is 6.03 Å². The summed E-state index contributed by atoms with van der Waals surface area (Å²) in [5.74, 6) is 0. The van der Waals surface area contributed by atoms with Crippen molar-refractivity contribution in [3.8, 4) is 11.3 Å². The van der Waals surface area contributed by atoms with Crippen molar-refractivity contribution < 1.29 is 4.79 Å². The Bertz CT molecular complexity index is 1170. The smallest absolute Gasteiger partial charge is 0.323 e. The summed E-state index contributed by atoms with van der Waals surface area (Å²) < 4.78 is 0. The summed E-state index contributed by atoms with van der Waals surface area (Å²) in [7, 11) is 0. The minimum atomic E-state index is -0.320. The van der Waals surface area contributed by atoms with Crippen LogP contribution in [-0.2, 0) is 0 Å². The number of nitrogens with zero attached hydrogens (tertiary/aromatic N) is 1. The maximum absolute atomic E-state index is 12.7. The summed E-state index contributed by atoms with van der Waals surface area (Å²) in [4.78, 5) is 20.1. The van der Waals surface area contributed by atoms with E-state index < -0.39 is 0 Å². The molecule has 6 heteroatoms. The summed E-state index contributed by atoms with van der Waals surface area (Å²) in [6.07, 6.45) is 3.43. The van der Waals surface area contributed by atoms with Crippen molar-refractivity contribution in [2.75, 3.05) is 10.6 Å². The van der Waals surface area contributed by atoms with E-state index in [9.17, 15) is 4.79 Å². The van der Waals surface area contributed by atoms with Crippen LogP contribution in [0.5, 0.6) is 0 Å². The normalized spacial score (nSPS) is 10.8. The Morgan fingerprint density at radius 3 is 2.50 bits per heavy atom. The maximum atomic E-state index is 12.7. The van der Waals surface area contributed by atoms with Gasteiger partial charge in [-0.15, -0.1) is 0 Å². The number of aromatic amines is 1. The van der Waals surface area contributed by atoms with Crippen molar-refractivity contribution in [2.45, 2.75) is 13.8 Å². The lowest BCUT2D eigenvalue weighted by Crippen LogP contribution is -2.19. The number of halogens is 1. The van der Waals surface area contributed by atoms with Gasteiger partial charge in [-0.1, -0.05) is 17.7 Å². The number of nitrogens with one attached hydrogen (secondary N) is 3. The molecule has 28 heavy (non-hydrogen) atoms. The number of aryl methyl sites for hydroxylation is 2. The first-order valence-corrected chi connectivity index (χ1v) is 9.26. The van der Waals surface area contributed by atoms with Crippen LogP contribution < -0.4 is 10.6 Å². The predicted octanol–water partition coefficient (Wildman–Crippen LogP) is 6.14. The van der Waals surface area contributed by atoms with Crippen LogP contribution in [0.3, 0.4) is 0 Å². The number of hydrogen-bond donors (Lipinski definition) is 3. The van der Waals surface area contributed by atoms with E-state index >= 15 is 0 Å². The molecule has 0 atom stereocenters. The standard InChI is InChI=1S/C22H19ClN4O/c1-13-3-5-17(11-14(13)2)25-22(28)27-21-18-12-16(23)4-6-19(18)26-20(21)15-7-9-24-10-8-15/h3-12,26H,1-2H3,(H2,25,27,28). The lowest BCUT2D eigenvalue weighted by molar-refractivity contribution is 0.262. The van der Waals surface area contributed by atoms with Crippen LogP contribution in [0, 0.1) is 13.8 Å². The Morgan fingerprint density at radius 1 is 0.964 bits per heavy atom. The number of carbonyl (C=O) groups excluding carboxylic acids is 1. The van der Waals surface area contributed by atoms with Gasteiger partial charge in [0.1, 0.15) is 0 Å². The van der Waals surface area contributed by atoms with Gasteiger partial charge in [0, 0.05) is 39.6 Å². The Morgan fingerprint density at radius 2 is 1.75 bits per heavy atom. The SMILES string of the molecule is Cc1ccc(NC(=O)Nc2c(-c3ccncc3)[nH]c3ccc(Cl)cc23)cc1C. The van der Waals surface area contributed by atoms with Crippen LogP contribution in [0.25, 0.3) is 22.2 Å². The highest BCUT2D eigenvalue weighted by Gasteiger charge is 2.16. The zero-order chi connectivity index (χ0) is 19.7. The first-order valence-electron chi connectivity index (χ1n) is 8.88. The monoisotopic (exact) mass is 390 g/mol. The van der Waals surface area contributed by atoms with E-state index in [1.54, 1.807) is 12.4 Å². The number of benzene rings is 2. The molecule has 0 saturated carbocycles. The molecule has 0 fully saturated rings. The van der Waals surface area contributed by atoms with Crippen molar-refractivity contribution in [3.05, 3.63) is 77.1 Å². The van der Waals surface area contributed by atoms with E-state index in [4.69, 9.17) is 11.6 Å². The fourth-order valence-electron chi connectivity index (χ4n) is 3.12. The summed E-state index contributed by atoms with van der Waals surface area (Å²) in [6, 6.07) is 14.8. The van der Waals surface area contributed by atoms with Crippen molar-refractivity contribution in [1.82, 2.24) is 9.97 Å². The third kappa shape index (κ3) is 3.57. The molecule has 2 aromatic carbocycles. The Balaban J connectivity index is 1.71. The van der Waals surface area contributed by atoms with E-state index in [0.29, 0.717) is 10.7 Å². The first-order chi connectivity index (χ1) is 13.5. The average molecular weight is 391 g/mol. The van der Waals surface area contributed by atoms with Crippen molar-refractivity contribution in [1.29, 1.82) is 0 Å². The predicted molar refractivity (Wildman–Crippen MR) is 115 cm³/mol. The van der Waals surface area contributed by atoms with Crippen molar-refractivity contribution in [3.63, 3.8) is 0 Å². The van der Waals surface area contributed by atoms with Gasteiger partial charge < -0.3 is 15.6 Å². The molecule has 4 aromatic rings. The van der Waals surface area contributed by atoms with Gasteiger partial charge in [0.05, 0.1) is 11.4 Å². The second kappa shape index (κ2) is 7.37. The number of H-pyrrole nitrogens is 1.